The minimum absolute atomic E-state index is 0.119. The average Bonchev–Trinajstić information content (AvgIpc) is 3.39. The number of amides is 1. The molecule has 41 heavy (non-hydrogen) atoms. The number of carbonyl (C=O) groups is 1. The lowest BCUT2D eigenvalue weighted by atomic mass is 9.98. The largest absolute Gasteiger partial charge is 0.457 e. The van der Waals surface area contributed by atoms with Gasteiger partial charge >= 0.3 is 0 Å². The number of nitrogens with one attached hydrogen (secondary N) is 3. The highest BCUT2D eigenvalue weighted by molar-refractivity contribution is 6.07. The molecule has 6 rings (SSSR count). The summed E-state index contributed by atoms with van der Waals surface area (Å²) in [4.78, 5) is 34.5. The Bertz CT molecular complexity index is 1690. The van der Waals surface area contributed by atoms with Gasteiger partial charge in [-0.3, -0.25) is 14.5 Å². The van der Waals surface area contributed by atoms with Gasteiger partial charge in [-0.05, 0) is 73.1 Å². The fraction of sp³-hybridized carbons (Fsp3) is 0.212. The average molecular weight is 549 g/mol. The molecule has 1 fully saturated rings. The van der Waals surface area contributed by atoms with E-state index in [1.165, 1.54) is 0 Å². The van der Waals surface area contributed by atoms with Gasteiger partial charge in [0.2, 0.25) is 0 Å². The summed E-state index contributed by atoms with van der Waals surface area (Å²) in [5, 5.41) is 3.92. The predicted octanol–water partition coefficient (Wildman–Crippen LogP) is 5.43. The van der Waals surface area contributed by atoms with Gasteiger partial charge in [0.15, 0.2) is 0 Å². The van der Waals surface area contributed by atoms with Crippen LogP contribution in [0.5, 0.6) is 11.5 Å². The van der Waals surface area contributed by atoms with Crippen molar-refractivity contribution in [1.82, 2.24) is 20.2 Å². The van der Waals surface area contributed by atoms with Gasteiger partial charge in [0.05, 0.1) is 24.5 Å². The molecule has 3 N–H and O–H groups in total. The Balaban J connectivity index is 1.29. The number of H-pyrrole nitrogens is 2. The van der Waals surface area contributed by atoms with Crippen LogP contribution in [-0.4, -0.2) is 60.2 Å². The number of ether oxygens (including phenoxy) is 2. The monoisotopic (exact) mass is 548 g/mol. The second kappa shape index (κ2) is 12.2. The van der Waals surface area contributed by atoms with Crippen LogP contribution >= 0.6 is 0 Å². The summed E-state index contributed by atoms with van der Waals surface area (Å²) in [5.74, 6) is 1.34. The minimum Gasteiger partial charge on any atom is -0.457 e. The number of nitrogens with zero attached hydrogens (tertiary/aromatic N) is 1. The van der Waals surface area contributed by atoms with Gasteiger partial charge in [-0.2, -0.15) is 0 Å². The van der Waals surface area contributed by atoms with E-state index in [1.807, 2.05) is 72.8 Å². The second-order valence-corrected chi connectivity index (χ2v) is 10.1. The van der Waals surface area contributed by atoms with Gasteiger partial charge in [-0.1, -0.05) is 30.3 Å². The van der Waals surface area contributed by atoms with Crippen LogP contribution in [0.25, 0.3) is 33.3 Å². The lowest BCUT2D eigenvalue weighted by Crippen LogP contribution is -2.38. The zero-order valence-corrected chi connectivity index (χ0v) is 22.7. The number of hydrogen-bond donors (Lipinski definition) is 3. The highest BCUT2D eigenvalue weighted by Gasteiger charge is 2.19. The fourth-order valence-electron chi connectivity index (χ4n) is 5.20. The van der Waals surface area contributed by atoms with Crippen LogP contribution in [0.3, 0.4) is 0 Å². The summed E-state index contributed by atoms with van der Waals surface area (Å²) in [6.45, 7) is 4.95. The van der Waals surface area contributed by atoms with Crippen molar-refractivity contribution in [2.24, 2.45) is 0 Å². The number of aromatic nitrogens is 2. The van der Waals surface area contributed by atoms with Crippen molar-refractivity contribution in [3.63, 3.8) is 0 Å². The molecule has 1 amide bonds. The first-order valence-electron chi connectivity index (χ1n) is 13.9. The molecule has 0 radical (unpaired) electrons. The fourth-order valence-corrected chi connectivity index (χ4v) is 5.20. The first kappa shape index (κ1) is 26.6. The van der Waals surface area contributed by atoms with Crippen LogP contribution in [0.1, 0.15) is 16.8 Å². The van der Waals surface area contributed by atoms with Crippen LogP contribution < -0.4 is 15.6 Å². The number of fused-ring (bicyclic) bond motifs is 1. The van der Waals surface area contributed by atoms with E-state index in [0.29, 0.717) is 29.1 Å². The van der Waals surface area contributed by atoms with Crippen LogP contribution in [0.2, 0.25) is 0 Å². The Morgan fingerprint density at radius 2 is 1.71 bits per heavy atom. The molecule has 1 saturated heterocycles. The lowest BCUT2D eigenvalue weighted by Gasteiger charge is -2.26. The molecule has 8 nitrogen and oxygen atoms in total. The molecule has 0 saturated carbocycles. The molecular formula is C33H32N4O4. The second-order valence-electron chi connectivity index (χ2n) is 10.1. The number of carbonyl (C=O) groups excluding carboxylic acids is 1. The van der Waals surface area contributed by atoms with E-state index in [0.717, 1.165) is 67.0 Å². The standard InChI is InChI=1S/C33H32N4O4/c38-32(34-16-5-17-37-18-20-40-21-19-37)24-11-14-29-28(22-24)30(31(36-29)27-8-4-15-35-33(27)39)23-9-12-26(13-10-23)41-25-6-2-1-3-7-25/h1-4,6-15,22,36H,5,16-21H2,(H,34,38)(H,35,39). The molecule has 1 aliphatic rings. The number of pyridine rings is 1. The van der Waals surface area contributed by atoms with E-state index in [1.54, 1.807) is 18.3 Å². The van der Waals surface area contributed by atoms with Crippen molar-refractivity contribution >= 4 is 16.8 Å². The van der Waals surface area contributed by atoms with Crippen molar-refractivity contribution in [2.75, 3.05) is 39.4 Å². The van der Waals surface area contributed by atoms with Crippen molar-refractivity contribution in [3.05, 3.63) is 107 Å². The summed E-state index contributed by atoms with van der Waals surface area (Å²) in [6.07, 6.45) is 2.49. The maximum absolute atomic E-state index is 13.1. The molecule has 0 spiro atoms. The number of rotatable bonds is 9. The molecule has 0 unspecified atom stereocenters. The highest BCUT2D eigenvalue weighted by atomic mass is 16.5. The predicted molar refractivity (Wildman–Crippen MR) is 161 cm³/mol. The van der Waals surface area contributed by atoms with E-state index in [2.05, 4.69) is 20.2 Å². The van der Waals surface area contributed by atoms with E-state index in [9.17, 15) is 9.59 Å². The van der Waals surface area contributed by atoms with Crippen LogP contribution in [0.15, 0.2) is 95.9 Å². The van der Waals surface area contributed by atoms with Gasteiger partial charge < -0.3 is 24.8 Å². The molecule has 5 aromatic rings. The third-order valence-electron chi connectivity index (χ3n) is 7.31. The zero-order valence-electron chi connectivity index (χ0n) is 22.7. The Hall–Kier alpha value is -4.66. The number of para-hydroxylation sites is 1. The summed E-state index contributed by atoms with van der Waals surface area (Å²) in [7, 11) is 0. The molecule has 1 aliphatic heterocycles. The molecule has 3 aromatic carbocycles. The molecule has 0 atom stereocenters. The molecular weight excluding hydrogens is 516 g/mol. The van der Waals surface area contributed by atoms with E-state index in [4.69, 9.17) is 9.47 Å². The Morgan fingerprint density at radius 3 is 2.49 bits per heavy atom. The molecule has 0 bridgehead atoms. The zero-order chi connectivity index (χ0) is 28.0. The lowest BCUT2D eigenvalue weighted by molar-refractivity contribution is 0.0374. The van der Waals surface area contributed by atoms with Crippen LogP contribution in [0.4, 0.5) is 0 Å². The minimum atomic E-state index is -0.192. The van der Waals surface area contributed by atoms with Gasteiger partial charge in [0.25, 0.3) is 11.5 Å². The normalized spacial score (nSPS) is 13.8. The van der Waals surface area contributed by atoms with Gasteiger partial charge in [-0.25, -0.2) is 0 Å². The smallest absolute Gasteiger partial charge is 0.257 e. The van der Waals surface area contributed by atoms with Crippen LogP contribution in [-0.2, 0) is 4.74 Å². The maximum atomic E-state index is 13.1. The molecule has 2 aromatic heterocycles. The molecule has 8 heteroatoms. The first-order chi connectivity index (χ1) is 20.2. The third kappa shape index (κ3) is 6.09. The third-order valence-corrected chi connectivity index (χ3v) is 7.31. The van der Waals surface area contributed by atoms with Crippen molar-refractivity contribution in [2.45, 2.75) is 6.42 Å². The number of aromatic amines is 2. The quantitative estimate of drug-likeness (QED) is 0.213. The van der Waals surface area contributed by atoms with Gasteiger partial charge in [0, 0.05) is 47.9 Å². The SMILES string of the molecule is O=C(NCCCN1CCOCC1)c1ccc2[nH]c(-c3ccc[nH]c3=O)c(-c3ccc(Oc4ccccc4)cc3)c2c1. The highest BCUT2D eigenvalue weighted by Crippen LogP contribution is 2.38. The van der Waals surface area contributed by atoms with Crippen LogP contribution in [0, 0.1) is 0 Å². The van der Waals surface area contributed by atoms with Crippen molar-refractivity contribution in [3.8, 4) is 33.9 Å². The first-order valence-corrected chi connectivity index (χ1v) is 13.9. The van der Waals surface area contributed by atoms with Crippen molar-refractivity contribution in [1.29, 1.82) is 0 Å². The maximum Gasteiger partial charge on any atom is 0.257 e. The molecule has 3 heterocycles. The number of benzene rings is 3. The Morgan fingerprint density at radius 1 is 0.927 bits per heavy atom. The molecule has 208 valence electrons. The Labute approximate surface area is 237 Å². The Kier molecular flexibility index (Phi) is 7.93. The number of hydrogen-bond acceptors (Lipinski definition) is 5. The topological polar surface area (TPSA) is 99.5 Å². The van der Waals surface area contributed by atoms with Gasteiger partial charge in [0.1, 0.15) is 11.5 Å². The number of morpholine rings is 1. The van der Waals surface area contributed by atoms with E-state index >= 15 is 0 Å². The summed E-state index contributed by atoms with van der Waals surface area (Å²) < 4.78 is 11.4. The summed E-state index contributed by atoms with van der Waals surface area (Å²) in [5.41, 5.74) is 4.19. The van der Waals surface area contributed by atoms with Gasteiger partial charge in [-0.15, -0.1) is 0 Å². The van der Waals surface area contributed by atoms with Crippen molar-refractivity contribution < 1.29 is 14.3 Å². The van der Waals surface area contributed by atoms with E-state index < -0.39 is 0 Å². The summed E-state index contributed by atoms with van der Waals surface area (Å²) in [6, 6.07) is 26.6. The van der Waals surface area contributed by atoms with E-state index in [-0.39, 0.29) is 11.5 Å². The molecule has 0 aliphatic carbocycles. The summed E-state index contributed by atoms with van der Waals surface area (Å²) >= 11 is 0.